The van der Waals surface area contributed by atoms with Crippen LogP contribution in [0.15, 0.2) is 24.8 Å². The minimum atomic E-state index is 0.419. The van der Waals surface area contributed by atoms with Gasteiger partial charge in [0.15, 0.2) is 0 Å². The van der Waals surface area contributed by atoms with E-state index in [9.17, 15) is 0 Å². The van der Waals surface area contributed by atoms with Gasteiger partial charge in [-0.05, 0) is 29.7 Å². The van der Waals surface area contributed by atoms with E-state index in [1.54, 1.807) is 0 Å². The van der Waals surface area contributed by atoms with Crippen LogP contribution in [0.4, 0.5) is 0 Å². The summed E-state index contributed by atoms with van der Waals surface area (Å²) in [7, 11) is 0. The molecule has 1 aromatic carbocycles. The molecule has 0 atom stereocenters. The molecule has 2 heteroatoms. The molecule has 0 radical (unpaired) electrons. The number of hydrogen-bond acceptors (Lipinski definition) is 0. The van der Waals surface area contributed by atoms with Gasteiger partial charge in [-0.25, -0.2) is 0 Å². The largest absolute Gasteiger partial charge is 0.122 e. The van der Waals surface area contributed by atoms with E-state index in [1.165, 1.54) is 0 Å². The Bertz CT molecular complexity index is 303. The third-order valence-electron chi connectivity index (χ3n) is 1.67. The van der Waals surface area contributed by atoms with Gasteiger partial charge in [0.1, 0.15) is 0 Å². The molecule has 0 unspecified atom stereocenters. The summed E-state index contributed by atoms with van der Waals surface area (Å²) in [6.07, 6.45) is 0. The predicted octanol–water partition coefficient (Wildman–Crippen LogP) is 3.90. The molecule has 0 heterocycles. The molecule has 0 amide bonds. The Balaban J connectivity index is 3.09. The molecule has 0 aliphatic rings. The van der Waals surface area contributed by atoms with E-state index in [2.05, 4.69) is 6.58 Å². The summed E-state index contributed by atoms with van der Waals surface area (Å²) in [5.41, 5.74) is 2.95. The van der Waals surface area contributed by atoms with Crippen molar-refractivity contribution in [3.8, 4) is 0 Å². The van der Waals surface area contributed by atoms with Gasteiger partial charge >= 0.3 is 0 Å². The number of aryl methyl sites for hydroxylation is 1. The van der Waals surface area contributed by atoms with E-state index in [0.29, 0.717) is 5.88 Å². The summed E-state index contributed by atoms with van der Waals surface area (Å²) in [5.74, 6) is 0.419. The molecule has 12 heavy (non-hydrogen) atoms. The van der Waals surface area contributed by atoms with Crippen LogP contribution in [0.2, 0.25) is 5.02 Å². The quantitative estimate of drug-likeness (QED) is 0.636. The zero-order chi connectivity index (χ0) is 9.14. The van der Waals surface area contributed by atoms with Crippen molar-refractivity contribution in [3.05, 3.63) is 40.9 Å². The first-order valence-corrected chi connectivity index (χ1v) is 4.56. The molecule has 0 aromatic heterocycles. The van der Waals surface area contributed by atoms with Gasteiger partial charge < -0.3 is 0 Å². The topological polar surface area (TPSA) is 0 Å². The summed E-state index contributed by atoms with van der Waals surface area (Å²) in [5, 5.41) is 0.723. The normalized spacial score (nSPS) is 9.92. The highest BCUT2D eigenvalue weighted by atomic mass is 35.5. The Morgan fingerprint density at radius 2 is 2.17 bits per heavy atom. The molecule has 0 spiro atoms. The average molecular weight is 201 g/mol. The number of alkyl halides is 1. The van der Waals surface area contributed by atoms with Crippen LogP contribution in [-0.4, -0.2) is 5.88 Å². The second-order valence-electron chi connectivity index (χ2n) is 2.72. The van der Waals surface area contributed by atoms with Gasteiger partial charge in [-0.2, -0.15) is 0 Å². The third kappa shape index (κ3) is 2.02. The van der Waals surface area contributed by atoms with Gasteiger partial charge in [-0.15, -0.1) is 11.6 Å². The van der Waals surface area contributed by atoms with E-state index in [1.807, 2.05) is 25.1 Å². The Morgan fingerprint density at radius 1 is 1.50 bits per heavy atom. The summed E-state index contributed by atoms with van der Waals surface area (Å²) in [6.45, 7) is 5.82. The van der Waals surface area contributed by atoms with Crippen molar-refractivity contribution in [1.82, 2.24) is 0 Å². The summed E-state index contributed by atoms with van der Waals surface area (Å²) in [4.78, 5) is 0. The Kier molecular flexibility index (Phi) is 3.19. The van der Waals surface area contributed by atoms with Crippen molar-refractivity contribution in [2.24, 2.45) is 0 Å². The first-order chi connectivity index (χ1) is 5.65. The van der Waals surface area contributed by atoms with Gasteiger partial charge in [0, 0.05) is 10.9 Å². The van der Waals surface area contributed by atoms with E-state index < -0.39 is 0 Å². The van der Waals surface area contributed by atoms with E-state index in [4.69, 9.17) is 23.2 Å². The van der Waals surface area contributed by atoms with Crippen molar-refractivity contribution in [1.29, 1.82) is 0 Å². The molecule has 0 N–H and O–H groups in total. The fourth-order valence-electron chi connectivity index (χ4n) is 0.979. The molecule has 0 aliphatic carbocycles. The van der Waals surface area contributed by atoms with Crippen LogP contribution >= 0.6 is 23.2 Å². The molecule has 0 fully saturated rings. The van der Waals surface area contributed by atoms with Crippen LogP contribution in [0.25, 0.3) is 5.57 Å². The number of halogens is 2. The molecule has 1 rings (SSSR count). The van der Waals surface area contributed by atoms with Gasteiger partial charge in [0.25, 0.3) is 0 Å². The van der Waals surface area contributed by atoms with Crippen molar-refractivity contribution in [2.75, 3.05) is 5.88 Å². The zero-order valence-electron chi connectivity index (χ0n) is 6.90. The molecule has 0 saturated carbocycles. The number of hydrogen-bond donors (Lipinski definition) is 0. The maximum atomic E-state index is 5.98. The fraction of sp³-hybridized carbons (Fsp3) is 0.200. The SMILES string of the molecule is C=C(CCl)c1ccc(C)cc1Cl. The van der Waals surface area contributed by atoms with Crippen LogP contribution in [0, 0.1) is 6.92 Å². The van der Waals surface area contributed by atoms with Gasteiger partial charge in [-0.1, -0.05) is 30.3 Å². The highest BCUT2D eigenvalue weighted by Crippen LogP contribution is 2.24. The summed E-state index contributed by atoms with van der Waals surface area (Å²) >= 11 is 11.6. The third-order valence-corrected chi connectivity index (χ3v) is 2.30. The van der Waals surface area contributed by atoms with E-state index in [-0.39, 0.29) is 0 Å². The molecule has 1 aromatic rings. The first kappa shape index (κ1) is 9.63. The maximum absolute atomic E-state index is 5.98. The van der Waals surface area contributed by atoms with Crippen molar-refractivity contribution >= 4 is 28.8 Å². The molecule has 0 aliphatic heterocycles. The lowest BCUT2D eigenvalue weighted by Gasteiger charge is -2.04. The Hall–Kier alpha value is -0.460. The highest BCUT2D eigenvalue weighted by Gasteiger charge is 2.02. The number of benzene rings is 1. The van der Waals surface area contributed by atoms with Crippen molar-refractivity contribution in [3.63, 3.8) is 0 Å². The minimum absolute atomic E-state index is 0.419. The number of rotatable bonds is 2. The first-order valence-electron chi connectivity index (χ1n) is 3.65. The molecule has 0 bridgehead atoms. The standard InChI is InChI=1S/C10H10Cl2/c1-7-3-4-9(8(2)6-11)10(12)5-7/h3-5H,2,6H2,1H3. The second-order valence-corrected chi connectivity index (χ2v) is 3.39. The van der Waals surface area contributed by atoms with Crippen molar-refractivity contribution in [2.45, 2.75) is 6.92 Å². The predicted molar refractivity (Wildman–Crippen MR) is 55.9 cm³/mol. The molecular weight excluding hydrogens is 191 g/mol. The average Bonchev–Trinajstić information content (AvgIpc) is 2.03. The second kappa shape index (κ2) is 3.97. The molecular formula is C10H10Cl2. The zero-order valence-corrected chi connectivity index (χ0v) is 8.41. The lowest BCUT2D eigenvalue weighted by Crippen LogP contribution is -1.86. The van der Waals surface area contributed by atoms with Crippen molar-refractivity contribution < 1.29 is 0 Å². The molecule has 64 valence electrons. The minimum Gasteiger partial charge on any atom is -0.122 e. The van der Waals surface area contributed by atoms with Crippen LogP contribution in [0.3, 0.4) is 0 Å². The van der Waals surface area contributed by atoms with Crippen LogP contribution in [-0.2, 0) is 0 Å². The lowest BCUT2D eigenvalue weighted by atomic mass is 10.1. The highest BCUT2D eigenvalue weighted by molar-refractivity contribution is 6.33. The summed E-state index contributed by atoms with van der Waals surface area (Å²) < 4.78 is 0. The van der Waals surface area contributed by atoms with Crippen LogP contribution < -0.4 is 0 Å². The lowest BCUT2D eigenvalue weighted by molar-refractivity contribution is 1.45. The Morgan fingerprint density at radius 3 is 2.67 bits per heavy atom. The monoisotopic (exact) mass is 200 g/mol. The van der Waals surface area contributed by atoms with Crippen LogP contribution in [0.1, 0.15) is 11.1 Å². The van der Waals surface area contributed by atoms with Gasteiger partial charge in [-0.3, -0.25) is 0 Å². The van der Waals surface area contributed by atoms with Gasteiger partial charge in [0.05, 0.1) is 0 Å². The van der Waals surface area contributed by atoms with E-state index >= 15 is 0 Å². The molecule has 0 saturated heterocycles. The Labute approximate surface area is 82.8 Å². The summed E-state index contributed by atoms with van der Waals surface area (Å²) in [6, 6.07) is 5.86. The van der Waals surface area contributed by atoms with Gasteiger partial charge in [0.2, 0.25) is 0 Å². The van der Waals surface area contributed by atoms with Crippen LogP contribution in [0.5, 0.6) is 0 Å². The molecule has 0 nitrogen and oxygen atoms in total. The maximum Gasteiger partial charge on any atom is 0.0483 e. The smallest absolute Gasteiger partial charge is 0.0483 e. The van der Waals surface area contributed by atoms with E-state index in [0.717, 1.165) is 21.7 Å². The number of allylic oxidation sites excluding steroid dienone is 1. The fourth-order valence-corrected chi connectivity index (χ4v) is 1.49.